The van der Waals surface area contributed by atoms with E-state index in [1.54, 1.807) is 0 Å². The van der Waals surface area contributed by atoms with Gasteiger partial charge in [0.2, 0.25) is 0 Å². The number of rotatable bonds is 4. The lowest BCUT2D eigenvalue weighted by atomic mass is 9.98. The molecule has 15 heavy (non-hydrogen) atoms. The van der Waals surface area contributed by atoms with Crippen LogP contribution in [0.25, 0.3) is 0 Å². The molecule has 2 heteroatoms. The SMILES string of the molecule is CC(C)(NCc1ccccc1Cl)C1CC1. The third-order valence-electron chi connectivity index (χ3n) is 3.29. The zero-order valence-electron chi connectivity index (χ0n) is 9.39. The molecule has 0 atom stereocenters. The summed E-state index contributed by atoms with van der Waals surface area (Å²) in [5, 5.41) is 4.45. The minimum absolute atomic E-state index is 0.249. The Hall–Kier alpha value is -0.530. The molecule has 0 unspecified atom stereocenters. The van der Waals surface area contributed by atoms with Crippen molar-refractivity contribution >= 4 is 11.6 Å². The lowest BCUT2D eigenvalue weighted by molar-refractivity contribution is 0.339. The molecule has 0 bridgehead atoms. The van der Waals surface area contributed by atoms with Crippen LogP contribution in [-0.4, -0.2) is 5.54 Å². The molecular formula is C13H18ClN. The van der Waals surface area contributed by atoms with Crippen LogP contribution in [0.4, 0.5) is 0 Å². The van der Waals surface area contributed by atoms with Crippen molar-refractivity contribution in [3.8, 4) is 0 Å². The maximum Gasteiger partial charge on any atom is 0.0450 e. The quantitative estimate of drug-likeness (QED) is 0.822. The van der Waals surface area contributed by atoms with Crippen molar-refractivity contribution in [2.24, 2.45) is 5.92 Å². The first-order chi connectivity index (χ1) is 7.09. The van der Waals surface area contributed by atoms with E-state index in [0.29, 0.717) is 0 Å². The molecule has 0 aromatic heterocycles. The Balaban J connectivity index is 1.95. The second kappa shape index (κ2) is 4.15. The summed E-state index contributed by atoms with van der Waals surface area (Å²) in [6.45, 7) is 5.42. The van der Waals surface area contributed by atoms with Crippen molar-refractivity contribution in [2.75, 3.05) is 0 Å². The summed E-state index contributed by atoms with van der Waals surface area (Å²) in [6.07, 6.45) is 2.73. The van der Waals surface area contributed by atoms with Gasteiger partial charge in [0, 0.05) is 17.1 Å². The second-order valence-electron chi connectivity index (χ2n) is 4.94. The minimum atomic E-state index is 0.249. The van der Waals surface area contributed by atoms with Crippen molar-refractivity contribution in [1.82, 2.24) is 5.32 Å². The molecule has 82 valence electrons. The fraction of sp³-hybridized carbons (Fsp3) is 0.538. The van der Waals surface area contributed by atoms with E-state index in [1.807, 2.05) is 18.2 Å². The lowest BCUT2D eigenvalue weighted by Crippen LogP contribution is -2.40. The number of hydrogen-bond donors (Lipinski definition) is 1. The van der Waals surface area contributed by atoms with Gasteiger partial charge in [-0.25, -0.2) is 0 Å². The van der Waals surface area contributed by atoms with Gasteiger partial charge in [-0.2, -0.15) is 0 Å². The molecule has 0 amide bonds. The van der Waals surface area contributed by atoms with E-state index in [1.165, 1.54) is 18.4 Å². The first kappa shape index (κ1) is 11.0. The number of nitrogens with one attached hydrogen (secondary N) is 1. The Labute approximate surface area is 96.8 Å². The molecule has 0 aliphatic heterocycles. The van der Waals surface area contributed by atoms with Crippen molar-refractivity contribution in [1.29, 1.82) is 0 Å². The summed E-state index contributed by atoms with van der Waals surface area (Å²) in [5.41, 5.74) is 1.44. The van der Waals surface area contributed by atoms with E-state index in [0.717, 1.165) is 17.5 Å². The van der Waals surface area contributed by atoms with Crippen LogP contribution in [0, 0.1) is 5.92 Å². The first-order valence-corrected chi connectivity index (χ1v) is 5.96. The Kier molecular flexibility index (Phi) is 3.03. The summed E-state index contributed by atoms with van der Waals surface area (Å²) in [7, 11) is 0. The molecule has 1 aliphatic carbocycles. The van der Waals surface area contributed by atoms with Gasteiger partial charge in [0.15, 0.2) is 0 Å². The molecule has 2 rings (SSSR count). The molecule has 0 heterocycles. The normalized spacial score (nSPS) is 16.7. The standard InChI is InChI=1S/C13H18ClN/c1-13(2,11-7-8-11)15-9-10-5-3-4-6-12(10)14/h3-6,11,15H,7-9H2,1-2H3. The predicted molar refractivity (Wildman–Crippen MR) is 65.1 cm³/mol. The Morgan fingerprint density at radius 3 is 2.60 bits per heavy atom. The highest BCUT2D eigenvalue weighted by molar-refractivity contribution is 6.31. The van der Waals surface area contributed by atoms with Crippen LogP contribution in [-0.2, 0) is 6.54 Å². The van der Waals surface area contributed by atoms with Gasteiger partial charge in [-0.3, -0.25) is 0 Å². The summed E-state index contributed by atoms with van der Waals surface area (Å²) in [6, 6.07) is 8.03. The molecule has 1 aromatic carbocycles. The summed E-state index contributed by atoms with van der Waals surface area (Å²) >= 11 is 6.11. The molecule has 1 aromatic rings. The zero-order chi connectivity index (χ0) is 10.9. The molecule has 0 radical (unpaired) electrons. The minimum Gasteiger partial charge on any atom is -0.307 e. The van der Waals surface area contributed by atoms with E-state index in [9.17, 15) is 0 Å². The fourth-order valence-corrected chi connectivity index (χ4v) is 2.12. The van der Waals surface area contributed by atoms with Gasteiger partial charge in [0.1, 0.15) is 0 Å². The highest BCUT2D eigenvalue weighted by Crippen LogP contribution is 2.39. The zero-order valence-corrected chi connectivity index (χ0v) is 10.1. The molecule has 1 aliphatic rings. The summed E-state index contributed by atoms with van der Waals surface area (Å²) in [5.74, 6) is 0.847. The van der Waals surface area contributed by atoms with Crippen molar-refractivity contribution in [3.05, 3.63) is 34.9 Å². The largest absolute Gasteiger partial charge is 0.307 e. The molecular weight excluding hydrogens is 206 g/mol. The first-order valence-electron chi connectivity index (χ1n) is 5.58. The maximum absolute atomic E-state index is 6.11. The fourth-order valence-electron chi connectivity index (χ4n) is 1.91. The molecule has 0 saturated heterocycles. The van der Waals surface area contributed by atoms with Crippen LogP contribution < -0.4 is 5.32 Å². The van der Waals surface area contributed by atoms with E-state index in [-0.39, 0.29) is 5.54 Å². The van der Waals surface area contributed by atoms with Crippen LogP contribution in [0.1, 0.15) is 32.3 Å². The number of hydrogen-bond acceptors (Lipinski definition) is 1. The van der Waals surface area contributed by atoms with E-state index in [4.69, 9.17) is 11.6 Å². The van der Waals surface area contributed by atoms with E-state index < -0.39 is 0 Å². The highest BCUT2D eigenvalue weighted by atomic mass is 35.5. The average molecular weight is 224 g/mol. The predicted octanol–water partition coefficient (Wildman–Crippen LogP) is 3.62. The molecule has 1 N–H and O–H groups in total. The molecule has 1 fully saturated rings. The lowest BCUT2D eigenvalue weighted by Gasteiger charge is -2.26. The van der Waals surface area contributed by atoms with Crippen molar-refractivity contribution < 1.29 is 0 Å². The highest BCUT2D eigenvalue weighted by Gasteiger charge is 2.37. The molecule has 0 spiro atoms. The third-order valence-corrected chi connectivity index (χ3v) is 3.66. The number of benzene rings is 1. The average Bonchev–Trinajstić information content (AvgIpc) is 3.00. The van der Waals surface area contributed by atoms with Gasteiger partial charge in [-0.15, -0.1) is 0 Å². The van der Waals surface area contributed by atoms with Gasteiger partial charge in [-0.05, 0) is 44.2 Å². The van der Waals surface area contributed by atoms with Crippen LogP contribution in [0.5, 0.6) is 0 Å². The maximum atomic E-state index is 6.11. The van der Waals surface area contributed by atoms with Gasteiger partial charge in [0.25, 0.3) is 0 Å². The van der Waals surface area contributed by atoms with Crippen LogP contribution >= 0.6 is 11.6 Å². The smallest absolute Gasteiger partial charge is 0.0450 e. The van der Waals surface area contributed by atoms with Gasteiger partial charge in [0.05, 0.1) is 0 Å². The Morgan fingerprint density at radius 1 is 1.33 bits per heavy atom. The van der Waals surface area contributed by atoms with Crippen LogP contribution in [0.3, 0.4) is 0 Å². The van der Waals surface area contributed by atoms with Crippen LogP contribution in [0.2, 0.25) is 5.02 Å². The molecule has 1 nitrogen and oxygen atoms in total. The summed E-state index contributed by atoms with van der Waals surface area (Å²) < 4.78 is 0. The van der Waals surface area contributed by atoms with Crippen molar-refractivity contribution in [3.63, 3.8) is 0 Å². The Morgan fingerprint density at radius 2 is 2.00 bits per heavy atom. The number of halogens is 1. The van der Waals surface area contributed by atoms with Crippen LogP contribution in [0.15, 0.2) is 24.3 Å². The third kappa shape index (κ3) is 2.73. The van der Waals surface area contributed by atoms with Gasteiger partial charge in [-0.1, -0.05) is 29.8 Å². The topological polar surface area (TPSA) is 12.0 Å². The van der Waals surface area contributed by atoms with Gasteiger partial charge >= 0.3 is 0 Å². The van der Waals surface area contributed by atoms with E-state index >= 15 is 0 Å². The second-order valence-corrected chi connectivity index (χ2v) is 5.35. The van der Waals surface area contributed by atoms with Crippen molar-refractivity contribution in [2.45, 2.75) is 38.8 Å². The summed E-state index contributed by atoms with van der Waals surface area (Å²) in [4.78, 5) is 0. The Bertz CT molecular complexity index is 342. The molecule has 1 saturated carbocycles. The van der Waals surface area contributed by atoms with Gasteiger partial charge < -0.3 is 5.32 Å². The van der Waals surface area contributed by atoms with E-state index in [2.05, 4.69) is 25.2 Å². The monoisotopic (exact) mass is 223 g/mol.